The second kappa shape index (κ2) is 4.15. The van der Waals surface area contributed by atoms with Gasteiger partial charge in [-0.15, -0.1) is 6.58 Å². The fourth-order valence-electron chi connectivity index (χ4n) is 2.83. The van der Waals surface area contributed by atoms with E-state index < -0.39 is 5.60 Å². The van der Waals surface area contributed by atoms with Gasteiger partial charge in [-0.1, -0.05) is 23.7 Å². The van der Waals surface area contributed by atoms with Gasteiger partial charge in [0.15, 0.2) is 0 Å². The van der Waals surface area contributed by atoms with Gasteiger partial charge in [0.2, 0.25) is 0 Å². The Morgan fingerprint density at radius 3 is 2.65 bits per heavy atom. The summed E-state index contributed by atoms with van der Waals surface area (Å²) in [5, 5.41) is 11.2. The van der Waals surface area contributed by atoms with Crippen molar-refractivity contribution in [3.05, 3.63) is 47.0 Å². The number of hydrogen-bond acceptors (Lipinski definition) is 1. The van der Waals surface area contributed by atoms with Crippen LogP contribution in [0, 0.1) is 5.41 Å². The van der Waals surface area contributed by atoms with Crippen molar-refractivity contribution in [1.82, 2.24) is 0 Å². The van der Waals surface area contributed by atoms with E-state index in [0.29, 0.717) is 0 Å². The zero-order valence-corrected chi connectivity index (χ0v) is 11.2. The van der Waals surface area contributed by atoms with Crippen LogP contribution in [0.3, 0.4) is 0 Å². The molecule has 0 fully saturated rings. The molecule has 0 saturated carbocycles. The molecule has 1 aliphatic rings. The highest BCUT2D eigenvalue weighted by atomic mass is 35.5. The van der Waals surface area contributed by atoms with Gasteiger partial charge in [-0.3, -0.25) is 0 Å². The summed E-state index contributed by atoms with van der Waals surface area (Å²) in [5.41, 5.74) is 1.72. The first-order chi connectivity index (χ1) is 7.88. The molecule has 1 aliphatic carbocycles. The summed E-state index contributed by atoms with van der Waals surface area (Å²) in [6.45, 7) is 7.61. The molecule has 0 saturated heterocycles. The van der Waals surface area contributed by atoms with Gasteiger partial charge >= 0.3 is 0 Å². The molecule has 1 N–H and O–H groups in total. The van der Waals surface area contributed by atoms with Crippen molar-refractivity contribution < 1.29 is 5.11 Å². The van der Waals surface area contributed by atoms with Crippen molar-refractivity contribution in [2.75, 3.05) is 0 Å². The van der Waals surface area contributed by atoms with E-state index in [1.807, 2.05) is 32.1 Å². The molecule has 0 amide bonds. The van der Waals surface area contributed by atoms with Crippen LogP contribution in [0.2, 0.25) is 5.02 Å². The van der Waals surface area contributed by atoms with Crippen LogP contribution in [0.1, 0.15) is 31.4 Å². The van der Waals surface area contributed by atoms with Crippen LogP contribution in [-0.4, -0.2) is 10.7 Å². The Morgan fingerprint density at radius 2 is 2.06 bits per heavy atom. The molecule has 1 nitrogen and oxygen atoms in total. The Labute approximate surface area is 108 Å². The molecule has 0 heterocycles. The summed E-state index contributed by atoms with van der Waals surface area (Å²) in [6.07, 6.45) is 4.50. The molecule has 1 aromatic rings. The number of aliphatic hydroxyl groups is 1. The molecule has 1 atom stereocenters. The van der Waals surface area contributed by atoms with Gasteiger partial charge in [0, 0.05) is 10.4 Å². The van der Waals surface area contributed by atoms with Crippen LogP contribution in [0.4, 0.5) is 0 Å². The molecule has 1 unspecified atom stereocenters. The first-order valence-corrected chi connectivity index (χ1v) is 6.36. The van der Waals surface area contributed by atoms with Crippen LogP contribution in [-0.2, 0) is 12.8 Å². The Kier molecular flexibility index (Phi) is 3.09. The Morgan fingerprint density at radius 1 is 1.41 bits per heavy atom. The number of benzene rings is 1. The first-order valence-electron chi connectivity index (χ1n) is 5.98. The Balaban J connectivity index is 2.40. The maximum absolute atomic E-state index is 10.5. The van der Waals surface area contributed by atoms with E-state index in [2.05, 4.69) is 12.6 Å². The molecule has 0 bridgehead atoms. The number of hydrogen-bond donors (Lipinski definition) is 1. The standard InChI is InChI=1S/C15H19ClO/c1-4-7-15(14(2,3)17)9-11-5-6-13(16)8-12(11)10-15/h4-6,8,17H,1,7,9-10H2,2-3H3. The third-order valence-corrected chi connectivity index (χ3v) is 4.29. The fraction of sp³-hybridized carbons (Fsp3) is 0.467. The maximum atomic E-state index is 10.5. The van der Waals surface area contributed by atoms with E-state index in [1.54, 1.807) is 0 Å². The molecular weight excluding hydrogens is 232 g/mol. The van der Waals surface area contributed by atoms with Crippen LogP contribution in [0.25, 0.3) is 0 Å². The molecule has 92 valence electrons. The minimum atomic E-state index is -0.716. The molecule has 2 heteroatoms. The average Bonchev–Trinajstić information content (AvgIpc) is 2.56. The van der Waals surface area contributed by atoms with E-state index >= 15 is 0 Å². The lowest BCUT2D eigenvalue weighted by molar-refractivity contribution is -0.0491. The highest BCUT2D eigenvalue weighted by molar-refractivity contribution is 6.30. The lowest BCUT2D eigenvalue weighted by atomic mass is 9.69. The average molecular weight is 251 g/mol. The van der Waals surface area contributed by atoms with E-state index in [4.69, 9.17) is 11.6 Å². The number of allylic oxidation sites excluding steroid dienone is 1. The van der Waals surface area contributed by atoms with Gasteiger partial charge in [0.1, 0.15) is 0 Å². The van der Waals surface area contributed by atoms with Crippen molar-refractivity contribution in [3.8, 4) is 0 Å². The van der Waals surface area contributed by atoms with Gasteiger partial charge in [-0.25, -0.2) is 0 Å². The largest absolute Gasteiger partial charge is 0.390 e. The van der Waals surface area contributed by atoms with Crippen LogP contribution < -0.4 is 0 Å². The van der Waals surface area contributed by atoms with Crippen molar-refractivity contribution in [3.63, 3.8) is 0 Å². The van der Waals surface area contributed by atoms with Crippen molar-refractivity contribution in [2.24, 2.45) is 5.41 Å². The summed E-state index contributed by atoms with van der Waals surface area (Å²) >= 11 is 6.03. The molecule has 0 spiro atoms. The van der Waals surface area contributed by atoms with Gasteiger partial charge in [0.25, 0.3) is 0 Å². The topological polar surface area (TPSA) is 20.2 Å². The van der Waals surface area contributed by atoms with E-state index in [9.17, 15) is 5.11 Å². The highest BCUT2D eigenvalue weighted by Gasteiger charge is 2.46. The van der Waals surface area contributed by atoms with Gasteiger partial charge in [-0.05, 0) is 56.4 Å². The summed E-state index contributed by atoms with van der Waals surface area (Å²) in [5.74, 6) is 0. The van der Waals surface area contributed by atoms with Crippen LogP contribution >= 0.6 is 11.6 Å². The SMILES string of the molecule is C=CCC1(C(C)(C)O)Cc2ccc(Cl)cc2C1. The Hall–Kier alpha value is -0.790. The number of rotatable bonds is 3. The normalized spacial score (nSPS) is 23.5. The van der Waals surface area contributed by atoms with Crippen molar-refractivity contribution >= 4 is 11.6 Å². The van der Waals surface area contributed by atoms with Gasteiger partial charge in [0.05, 0.1) is 5.60 Å². The monoisotopic (exact) mass is 250 g/mol. The summed E-state index contributed by atoms with van der Waals surface area (Å²) in [6, 6.07) is 6.02. The lowest BCUT2D eigenvalue weighted by Crippen LogP contribution is -2.44. The third-order valence-electron chi connectivity index (χ3n) is 4.06. The van der Waals surface area contributed by atoms with E-state index in [0.717, 1.165) is 24.3 Å². The first kappa shape index (κ1) is 12.7. The Bertz CT molecular complexity index is 445. The summed E-state index contributed by atoms with van der Waals surface area (Å²) in [7, 11) is 0. The molecule has 17 heavy (non-hydrogen) atoms. The lowest BCUT2D eigenvalue weighted by Gasteiger charge is -2.40. The maximum Gasteiger partial charge on any atom is 0.0657 e. The fourth-order valence-corrected chi connectivity index (χ4v) is 3.02. The quantitative estimate of drug-likeness (QED) is 0.810. The number of fused-ring (bicyclic) bond motifs is 1. The van der Waals surface area contributed by atoms with Crippen LogP contribution in [0.5, 0.6) is 0 Å². The van der Waals surface area contributed by atoms with Crippen LogP contribution in [0.15, 0.2) is 30.9 Å². The molecular formula is C15H19ClO. The molecule has 0 radical (unpaired) electrons. The zero-order valence-electron chi connectivity index (χ0n) is 10.5. The zero-order chi connectivity index (χ0) is 12.7. The van der Waals surface area contributed by atoms with Crippen molar-refractivity contribution in [2.45, 2.75) is 38.7 Å². The smallest absolute Gasteiger partial charge is 0.0657 e. The molecule has 0 aromatic heterocycles. The van der Waals surface area contributed by atoms with Gasteiger partial charge in [-0.2, -0.15) is 0 Å². The summed E-state index contributed by atoms with van der Waals surface area (Å²) < 4.78 is 0. The van der Waals surface area contributed by atoms with Crippen molar-refractivity contribution in [1.29, 1.82) is 0 Å². The number of halogens is 1. The minimum Gasteiger partial charge on any atom is -0.390 e. The predicted molar refractivity (Wildman–Crippen MR) is 72.4 cm³/mol. The van der Waals surface area contributed by atoms with E-state index in [1.165, 1.54) is 11.1 Å². The van der Waals surface area contributed by atoms with Gasteiger partial charge < -0.3 is 5.11 Å². The minimum absolute atomic E-state index is 0.137. The second-order valence-corrected chi connectivity index (χ2v) is 6.04. The predicted octanol–water partition coefficient (Wildman–Crippen LogP) is 3.77. The second-order valence-electron chi connectivity index (χ2n) is 5.60. The highest BCUT2D eigenvalue weighted by Crippen LogP contribution is 2.47. The molecule has 0 aliphatic heterocycles. The third kappa shape index (κ3) is 2.14. The molecule has 1 aromatic carbocycles. The molecule has 2 rings (SSSR count). The van der Waals surface area contributed by atoms with E-state index in [-0.39, 0.29) is 5.41 Å². The summed E-state index contributed by atoms with van der Waals surface area (Å²) in [4.78, 5) is 0.